The number of anilines is 1. The second kappa shape index (κ2) is 5.58. The molecule has 1 atom stereocenters. The van der Waals surface area contributed by atoms with E-state index in [1.807, 2.05) is 13.8 Å². The van der Waals surface area contributed by atoms with Gasteiger partial charge >= 0.3 is 0 Å². The highest BCUT2D eigenvalue weighted by atomic mass is 32.1. The largest absolute Gasteiger partial charge is 0.389 e. The van der Waals surface area contributed by atoms with Crippen molar-refractivity contribution in [3.63, 3.8) is 0 Å². The lowest BCUT2D eigenvalue weighted by atomic mass is 10.0. The molecule has 1 heterocycles. The molecule has 0 bridgehead atoms. The Morgan fingerprint density at radius 3 is 2.59 bits per heavy atom. The van der Waals surface area contributed by atoms with Crippen LogP contribution in [0.15, 0.2) is 18.3 Å². The van der Waals surface area contributed by atoms with Crippen molar-refractivity contribution in [3.8, 4) is 0 Å². The maximum absolute atomic E-state index is 11.3. The minimum absolute atomic E-state index is 0.0497. The molecule has 0 aliphatic rings. The van der Waals surface area contributed by atoms with Crippen molar-refractivity contribution in [1.29, 1.82) is 0 Å². The molecule has 0 fully saturated rings. The van der Waals surface area contributed by atoms with E-state index in [1.165, 1.54) is 0 Å². The summed E-state index contributed by atoms with van der Waals surface area (Å²) < 4.78 is 0. The van der Waals surface area contributed by atoms with Gasteiger partial charge in [0.05, 0.1) is 5.56 Å². The molecule has 1 amide bonds. The SMILES string of the molecule is CC(C)C(Nc1ncccc1C(N)=S)C(N)=O. The first-order valence-electron chi connectivity index (χ1n) is 5.24. The Kier molecular flexibility index (Phi) is 4.39. The second-order valence-corrected chi connectivity index (χ2v) is 4.47. The Bertz CT molecular complexity index is 433. The van der Waals surface area contributed by atoms with Gasteiger partial charge in [-0.05, 0) is 18.1 Å². The third-order valence-electron chi connectivity index (χ3n) is 2.34. The molecular formula is C11H16N4OS. The van der Waals surface area contributed by atoms with Gasteiger partial charge in [0.1, 0.15) is 16.8 Å². The van der Waals surface area contributed by atoms with Crippen molar-refractivity contribution in [2.75, 3.05) is 5.32 Å². The van der Waals surface area contributed by atoms with Crippen LogP contribution in [0.25, 0.3) is 0 Å². The van der Waals surface area contributed by atoms with Gasteiger partial charge in [-0.2, -0.15) is 0 Å². The summed E-state index contributed by atoms with van der Waals surface area (Å²) in [5, 5.41) is 2.97. The van der Waals surface area contributed by atoms with Gasteiger partial charge in [-0.25, -0.2) is 4.98 Å². The number of nitrogens with zero attached hydrogens (tertiary/aromatic N) is 1. The van der Waals surface area contributed by atoms with E-state index in [4.69, 9.17) is 23.7 Å². The number of nitrogens with two attached hydrogens (primary N) is 2. The van der Waals surface area contributed by atoms with Crippen LogP contribution in [0.1, 0.15) is 19.4 Å². The molecule has 0 aromatic carbocycles. The summed E-state index contributed by atoms with van der Waals surface area (Å²) in [7, 11) is 0. The standard InChI is InChI=1S/C11H16N4OS/c1-6(2)8(9(12)16)15-11-7(10(13)17)4-3-5-14-11/h3-6,8H,1-2H3,(H2,12,16)(H2,13,17)(H,14,15). The Labute approximate surface area is 106 Å². The molecule has 0 aliphatic heterocycles. The summed E-state index contributed by atoms with van der Waals surface area (Å²) in [6.45, 7) is 3.79. The average Bonchev–Trinajstić information content (AvgIpc) is 2.25. The fraction of sp³-hybridized carbons (Fsp3) is 0.364. The van der Waals surface area contributed by atoms with Crippen molar-refractivity contribution in [1.82, 2.24) is 4.98 Å². The zero-order valence-electron chi connectivity index (χ0n) is 9.81. The lowest BCUT2D eigenvalue weighted by molar-refractivity contribution is -0.119. The molecular weight excluding hydrogens is 236 g/mol. The summed E-state index contributed by atoms with van der Waals surface area (Å²) >= 11 is 4.92. The number of rotatable bonds is 5. The van der Waals surface area contributed by atoms with E-state index in [9.17, 15) is 4.79 Å². The average molecular weight is 252 g/mol. The molecule has 0 aliphatic carbocycles. The number of carbonyl (C=O) groups excluding carboxylic acids is 1. The third kappa shape index (κ3) is 3.39. The second-order valence-electron chi connectivity index (χ2n) is 4.03. The summed E-state index contributed by atoms with van der Waals surface area (Å²) in [6, 6.07) is 2.97. The Hall–Kier alpha value is -1.69. The van der Waals surface area contributed by atoms with Gasteiger partial charge in [0.2, 0.25) is 5.91 Å². The van der Waals surface area contributed by atoms with Crippen LogP contribution in [0.2, 0.25) is 0 Å². The summed E-state index contributed by atoms with van der Waals surface area (Å²) in [6.07, 6.45) is 1.60. The number of carbonyl (C=O) groups is 1. The van der Waals surface area contributed by atoms with E-state index in [1.54, 1.807) is 18.3 Å². The van der Waals surface area contributed by atoms with Crippen molar-refractivity contribution in [2.24, 2.45) is 17.4 Å². The van der Waals surface area contributed by atoms with Crippen molar-refractivity contribution in [2.45, 2.75) is 19.9 Å². The van der Waals surface area contributed by atoms with E-state index in [-0.39, 0.29) is 10.9 Å². The van der Waals surface area contributed by atoms with Gasteiger partial charge in [0.15, 0.2) is 0 Å². The van der Waals surface area contributed by atoms with Gasteiger partial charge in [0, 0.05) is 6.20 Å². The van der Waals surface area contributed by atoms with Crippen molar-refractivity contribution >= 4 is 28.9 Å². The molecule has 5 nitrogen and oxygen atoms in total. The molecule has 0 radical (unpaired) electrons. The van der Waals surface area contributed by atoms with Crippen LogP contribution in [0.5, 0.6) is 0 Å². The minimum Gasteiger partial charge on any atom is -0.389 e. The fourth-order valence-electron chi connectivity index (χ4n) is 1.43. The molecule has 0 spiro atoms. The molecule has 5 N–H and O–H groups in total. The first kappa shape index (κ1) is 13.4. The first-order valence-corrected chi connectivity index (χ1v) is 5.65. The van der Waals surface area contributed by atoms with Crippen molar-refractivity contribution in [3.05, 3.63) is 23.9 Å². The number of aromatic nitrogens is 1. The van der Waals surface area contributed by atoms with Crippen LogP contribution in [0.4, 0.5) is 5.82 Å². The highest BCUT2D eigenvalue weighted by Crippen LogP contribution is 2.15. The van der Waals surface area contributed by atoms with Crippen LogP contribution in [0, 0.1) is 5.92 Å². The number of nitrogens with one attached hydrogen (secondary N) is 1. The predicted octanol–water partition coefficient (Wildman–Crippen LogP) is 0.638. The maximum atomic E-state index is 11.3. The molecule has 1 rings (SSSR count). The molecule has 0 saturated carbocycles. The van der Waals surface area contributed by atoms with Gasteiger partial charge in [-0.15, -0.1) is 0 Å². The van der Waals surface area contributed by atoms with Crippen LogP contribution in [-0.4, -0.2) is 21.9 Å². The topological polar surface area (TPSA) is 94.0 Å². The molecule has 1 aromatic heterocycles. The first-order chi connectivity index (χ1) is 7.93. The number of pyridine rings is 1. The fourth-order valence-corrected chi connectivity index (χ4v) is 1.60. The molecule has 0 saturated heterocycles. The summed E-state index contributed by atoms with van der Waals surface area (Å²) in [5.41, 5.74) is 11.5. The Balaban J connectivity index is 3.01. The Morgan fingerprint density at radius 2 is 2.12 bits per heavy atom. The number of hydrogen-bond donors (Lipinski definition) is 3. The van der Waals surface area contributed by atoms with Crippen LogP contribution < -0.4 is 16.8 Å². The third-order valence-corrected chi connectivity index (χ3v) is 2.56. The van der Waals surface area contributed by atoms with E-state index in [0.717, 1.165) is 0 Å². The predicted molar refractivity (Wildman–Crippen MR) is 71.6 cm³/mol. The minimum atomic E-state index is -0.502. The number of thiocarbonyl (C=S) groups is 1. The van der Waals surface area contributed by atoms with Crippen LogP contribution in [0.3, 0.4) is 0 Å². The normalized spacial score (nSPS) is 12.2. The monoisotopic (exact) mass is 252 g/mol. The van der Waals surface area contributed by atoms with E-state index in [2.05, 4.69) is 10.3 Å². The molecule has 6 heteroatoms. The molecule has 17 heavy (non-hydrogen) atoms. The van der Waals surface area contributed by atoms with E-state index >= 15 is 0 Å². The lowest BCUT2D eigenvalue weighted by Gasteiger charge is -2.20. The molecule has 1 aromatic rings. The summed E-state index contributed by atoms with van der Waals surface area (Å²) in [5.74, 6) is 0.103. The lowest BCUT2D eigenvalue weighted by Crippen LogP contribution is -2.40. The maximum Gasteiger partial charge on any atom is 0.240 e. The van der Waals surface area contributed by atoms with Gasteiger partial charge in [-0.1, -0.05) is 26.1 Å². The van der Waals surface area contributed by atoms with Crippen molar-refractivity contribution < 1.29 is 4.79 Å². The molecule has 1 unspecified atom stereocenters. The van der Waals surface area contributed by atoms with Crippen LogP contribution in [-0.2, 0) is 4.79 Å². The number of hydrogen-bond acceptors (Lipinski definition) is 4. The number of primary amides is 1. The van der Waals surface area contributed by atoms with Gasteiger partial charge in [-0.3, -0.25) is 4.79 Å². The smallest absolute Gasteiger partial charge is 0.240 e. The van der Waals surface area contributed by atoms with Gasteiger partial charge in [0.25, 0.3) is 0 Å². The number of amides is 1. The van der Waals surface area contributed by atoms with Crippen LogP contribution >= 0.6 is 12.2 Å². The Morgan fingerprint density at radius 1 is 1.47 bits per heavy atom. The highest BCUT2D eigenvalue weighted by Gasteiger charge is 2.21. The molecule has 92 valence electrons. The van der Waals surface area contributed by atoms with E-state index < -0.39 is 11.9 Å². The summed E-state index contributed by atoms with van der Waals surface area (Å²) in [4.78, 5) is 15.6. The zero-order valence-corrected chi connectivity index (χ0v) is 10.6. The van der Waals surface area contributed by atoms with Gasteiger partial charge < -0.3 is 16.8 Å². The van der Waals surface area contributed by atoms with E-state index in [0.29, 0.717) is 11.4 Å². The zero-order chi connectivity index (χ0) is 13.0. The quantitative estimate of drug-likeness (QED) is 0.668. The highest BCUT2D eigenvalue weighted by molar-refractivity contribution is 7.80.